The van der Waals surface area contributed by atoms with E-state index in [1.165, 1.54) is 12.1 Å². The van der Waals surface area contributed by atoms with Gasteiger partial charge in [0, 0.05) is 12.5 Å². The molecule has 1 N–H and O–H groups in total. The zero-order valence-electron chi connectivity index (χ0n) is 10.3. The largest absolute Gasteiger partial charge is 0.392 e. The lowest BCUT2D eigenvalue weighted by Gasteiger charge is -2.21. The number of benzene rings is 1. The van der Waals surface area contributed by atoms with Gasteiger partial charge in [-0.1, -0.05) is 6.07 Å². The number of hydrogen-bond donors (Lipinski definition) is 1. The molecule has 2 rings (SSSR count). The predicted octanol–water partition coefficient (Wildman–Crippen LogP) is 2.46. The van der Waals surface area contributed by atoms with Crippen molar-refractivity contribution in [2.45, 2.75) is 38.9 Å². The first kappa shape index (κ1) is 12.5. The molecule has 0 amide bonds. The summed E-state index contributed by atoms with van der Waals surface area (Å²) in [5, 5.41) is 10.2. The first-order chi connectivity index (χ1) is 8.08. The molecule has 1 aromatic rings. The quantitative estimate of drug-likeness (QED) is 0.876. The Morgan fingerprint density at radius 1 is 1.53 bits per heavy atom. The van der Waals surface area contributed by atoms with Gasteiger partial charge < -0.3 is 9.84 Å². The lowest BCUT2D eigenvalue weighted by atomic mass is 9.90. The van der Waals surface area contributed by atoms with Crippen molar-refractivity contribution < 1.29 is 14.2 Å². The number of aryl methyl sites for hydroxylation is 1. The van der Waals surface area contributed by atoms with E-state index < -0.39 is 6.10 Å². The van der Waals surface area contributed by atoms with Crippen LogP contribution in [0.5, 0.6) is 0 Å². The second kappa shape index (κ2) is 5.15. The molecule has 2 nitrogen and oxygen atoms in total. The van der Waals surface area contributed by atoms with Crippen LogP contribution in [0.25, 0.3) is 0 Å². The molecule has 3 unspecified atom stereocenters. The van der Waals surface area contributed by atoms with Crippen molar-refractivity contribution in [3.63, 3.8) is 0 Å². The third-order valence-electron chi connectivity index (χ3n) is 3.67. The van der Waals surface area contributed by atoms with E-state index in [-0.39, 0.29) is 17.8 Å². The highest BCUT2D eigenvalue weighted by atomic mass is 19.1. The maximum atomic E-state index is 13.1. The maximum absolute atomic E-state index is 13.1. The number of hydrogen-bond acceptors (Lipinski definition) is 2. The molecule has 0 bridgehead atoms. The Hall–Kier alpha value is -0.930. The van der Waals surface area contributed by atoms with Crippen LogP contribution in [0.15, 0.2) is 18.2 Å². The monoisotopic (exact) mass is 238 g/mol. The lowest BCUT2D eigenvalue weighted by molar-refractivity contribution is 0.0440. The van der Waals surface area contributed by atoms with Gasteiger partial charge in [-0.25, -0.2) is 4.39 Å². The van der Waals surface area contributed by atoms with Crippen LogP contribution in [-0.2, 0) is 11.2 Å². The van der Waals surface area contributed by atoms with Gasteiger partial charge in [0.05, 0.1) is 12.2 Å². The van der Waals surface area contributed by atoms with E-state index in [4.69, 9.17) is 4.74 Å². The summed E-state index contributed by atoms with van der Waals surface area (Å²) >= 11 is 0. The van der Waals surface area contributed by atoms with Gasteiger partial charge in [0.2, 0.25) is 0 Å². The van der Waals surface area contributed by atoms with E-state index in [2.05, 4.69) is 0 Å². The smallest absolute Gasteiger partial charge is 0.123 e. The maximum Gasteiger partial charge on any atom is 0.123 e. The summed E-state index contributed by atoms with van der Waals surface area (Å²) in [7, 11) is 0. The van der Waals surface area contributed by atoms with Crippen LogP contribution in [0.3, 0.4) is 0 Å². The lowest BCUT2D eigenvalue weighted by Crippen LogP contribution is -2.28. The van der Waals surface area contributed by atoms with E-state index >= 15 is 0 Å². The van der Waals surface area contributed by atoms with Crippen LogP contribution in [0, 0.1) is 18.7 Å². The average molecular weight is 238 g/mol. The Bertz CT molecular complexity index is 392. The first-order valence-corrected chi connectivity index (χ1v) is 6.12. The van der Waals surface area contributed by atoms with E-state index in [1.807, 2.05) is 13.8 Å². The average Bonchev–Trinajstić information content (AvgIpc) is 2.70. The van der Waals surface area contributed by atoms with Crippen LogP contribution in [0.1, 0.15) is 24.5 Å². The zero-order chi connectivity index (χ0) is 12.4. The van der Waals surface area contributed by atoms with E-state index in [1.54, 1.807) is 6.07 Å². The molecule has 1 heterocycles. The zero-order valence-corrected chi connectivity index (χ0v) is 10.3. The standard InChI is InChI=1S/C14H19FO2/c1-9-3-4-12(15)7-11(9)8-14(16)13-5-6-17-10(13)2/h3-4,7,10,13-14,16H,5-6,8H2,1-2H3. The van der Waals surface area contributed by atoms with E-state index in [0.29, 0.717) is 13.0 Å². The van der Waals surface area contributed by atoms with Gasteiger partial charge in [-0.2, -0.15) is 0 Å². The van der Waals surface area contributed by atoms with Crippen molar-refractivity contribution in [1.29, 1.82) is 0 Å². The van der Waals surface area contributed by atoms with Gasteiger partial charge in [0.15, 0.2) is 0 Å². The van der Waals surface area contributed by atoms with Crippen LogP contribution < -0.4 is 0 Å². The molecule has 1 aromatic carbocycles. The number of aliphatic hydroxyl groups is 1. The third-order valence-corrected chi connectivity index (χ3v) is 3.67. The molecule has 1 fully saturated rings. The Labute approximate surface area is 101 Å². The summed E-state index contributed by atoms with van der Waals surface area (Å²) in [6.07, 6.45) is 1.03. The number of aliphatic hydroxyl groups excluding tert-OH is 1. The molecule has 17 heavy (non-hydrogen) atoms. The Kier molecular flexibility index (Phi) is 3.79. The minimum Gasteiger partial charge on any atom is -0.392 e. The molecular weight excluding hydrogens is 219 g/mol. The number of halogens is 1. The van der Waals surface area contributed by atoms with Gasteiger partial charge in [0.25, 0.3) is 0 Å². The third kappa shape index (κ3) is 2.85. The van der Waals surface area contributed by atoms with Crippen LogP contribution in [-0.4, -0.2) is 23.9 Å². The highest BCUT2D eigenvalue weighted by Gasteiger charge is 2.30. The highest BCUT2D eigenvalue weighted by molar-refractivity contribution is 5.27. The number of ether oxygens (including phenoxy) is 1. The summed E-state index contributed by atoms with van der Waals surface area (Å²) in [6, 6.07) is 4.72. The van der Waals surface area contributed by atoms with Crippen LogP contribution in [0.2, 0.25) is 0 Å². The highest BCUT2D eigenvalue weighted by Crippen LogP contribution is 2.26. The minimum absolute atomic E-state index is 0.0962. The SMILES string of the molecule is Cc1ccc(F)cc1CC(O)C1CCOC1C. The summed E-state index contributed by atoms with van der Waals surface area (Å²) < 4.78 is 18.6. The molecule has 0 spiro atoms. The fraction of sp³-hybridized carbons (Fsp3) is 0.571. The second-order valence-electron chi connectivity index (χ2n) is 4.87. The van der Waals surface area contributed by atoms with E-state index in [0.717, 1.165) is 17.5 Å². The molecule has 94 valence electrons. The molecule has 1 aliphatic rings. The van der Waals surface area contributed by atoms with Crippen LogP contribution in [0.4, 0.5) is 4.39 Å². The summed E-state index contributed by atoms with van der Waals surface area (Å²) in [5.74, 6) is -0.0776. The Morgan fingerprint density at radius 3 is 2.94 bits per heavy atom. The Morgan fingerprint density at radius 2 is 2.29 bits per heavy atom. The predicted molar refractivity (Wildman–Crippen MR) is 64.4 cm³/mol. The van der Waals surface area contributed by atoms with Gasteiger partial charge in [-0.15, -0.1) is 0 Å². The fourth-order valence-electron chi connectivity index (χ4n) is 2.49. The molecule has 1 saturated heterocycles. The van der Waals surface area contributed by atoms with Crippen molar-refractivity contribution in [2.75, 3.05) is 6.61 Å². The van der Waals surface area contributed by atoms with Gasteiger partial charge in [-0.3, -0.25) is 0 Å². The summed E-state index contributed by atoms with van der Waals surface area (Å²) in [5.41, 5.74) is 1.91. The molecule has 0 saturated carbocycles. The topological polar surface area (TPSA) is 29.5 Å². The van der Waals surface area contributed by atoms with E-state index in [9.17, 15) is 9.50 Å². The minimum atomic E-state index is -0.451. The summed E-state index contributed by atoms with van der Waals surface area (Å²) in [6.45, 7) is 4.64. The summed E-state index contributed by atoms with van der Waals surface area (Å²) in [4.78, 5) is 0. The van der Waals surface area contributed by atoms with Crippen LogP contribution >= 0.6 is 0 Å². The molecule has 3 heteroatoms. The molecule has 0 aromatic heterocycles. The molecule has 3 atom stereocenters. The van der Waals surface area contributed by atoms with Gasteiger partial charge >= 0.3 is 0 Å². The van der Waals surface area contributed by atoms with Crippen molar-refractivity contribution in [3.8, 4) is 0 Å². The fourth-order valence-corrected chi connectivity index (χ4v) is 2.49. The molecular formula is C14H19FO2. The van der Waals surface area contributed by atoms with Crippen molar-refractivity contribution in [2.24, 2.45) is 5.92 Å². The van der Waals surface area contributed by atoms with Crippen molar-refractivity contribution in [3.05, 3.63) is 35.1 Å². The molecule has 0 radical (unpaired) electrons. The second-order valence-corrected chi connectivity index (χ2v) is 4.87. The number of rotatable bonds is 3. The van der Waals surface area contributed by atoms with Crippen molar-refractivity contribution >= 4 is 0 Å². The van der Waals surface area contributed by atoms with Gasteiger partial charge in [0.1, 0.15) is 5.82 Å². The van der Waals surface area contributed by atoms with Gasteiger partial charge in [-0.05, 0) is 49.9 Å². The van der Waals surface area contributed by atoms with Crippen molar-refractivity contribution in [1.82, 2.24) is 0 Å². The Balaban J connectivity index is 2.07. The molecule has 1 aliphatic heterocycles. The first-order valence-electron chi connectivity index (χ1n) is 6.12. The normalized spacial score (nSPS) is 26.1. The molecule has 0 aliphatic carbocycles.